The molecule has 1 amide bonds. The van der Waals surface area contributed by atoms with Gasteiger partial charge in [0.2, 0.25) is 15.9 Å². The first-order chi connectivity index (χ1) is 13.5. The van der Waals surface area contributed by atoms with Gasteiger partial charge in [0.1, 0.15) is 5.75 Å². The second-order valence-corrected chi connectivity index (χ2v) is 8.13. The van der Waals surface area contributed by atoms with Crippen molar-refractivity contribution in [2.75, 3.05) is 6.54 Å². The summed E-state index contributed by atoms with van der Waals surface area (Å²) in [6.45, 7) is 3.69. The molecule has 0 bridgehead atoms. The SMILES string of the molecule is Cc1ccc(S(=O)(=O)NCCC(=O)NCc2ccc(OC(F)(F)F)cc2)cc1C. The lowest BCUT2D eigenvalue weighted by Gasteiger charge is -2.10. The zero-order chi connectivity index (χ0) is 21.7. The smallest absolute Gasteiger partial charge is 0.406 e. The second-order valence-electron chi connectivity index (χ2n) is 6.36. The van der Waals surface area contributed by atoms with E-state index in [0.717, 1.165) is 23.3 Å². The van der Waals surface area contributed by atoms with Gasteiger partial charge >= 0.3 is 6.36 Å². The quantitative estimate of drug-likeness (QED) is 0.674. The molecule has 29 heavy (non-hydrogen) atoms. The molecule has 0 radical (unpaired) electrons. The fourth-order valence-electron chi connectivity index (χ4n) is 2.36. The summed E-state index contributed by atoms with van der Waals surface area (Å²) in [5.74, 6) is -0.753. The van der Waals surface area contributed by atoms with Crippen LogP contribution < -0.4 is 14.8 Å². The third-order valence-corrected chi connectivity index (χ3v) is 5.54. The van der Waals surface area contributed by atoms with E-state index >= 15 is 0 Å². The van der Waals surface area contributed by atoms with Crippen molar-refractivity contribution in [2.45, 2.75) is 38.1 Å². The van der Waals surface area contributed by atoms with Gasteiger partial charge in [-0.05, 0) is 54.8 Å². The number of aryl methyl sites for hydroxylation is 2. The number of hydrogen-bond donors (Lipinski definition) is 2. The molecule has 0 unspecified atom stereocenters. The molecule has 2 aromatic carbocycles. The largest absolute Gasteiger partial charge is 0.573 e. The molecular weight excluding hydrogens is 409 g/mol. The van der Waals surface area contributed by atoms with Gasteiger partial charge in [-0.25, -0.2) is 13.1 Å². The van der Waals surface area contributed by atoms with E-state index in [2.05, 4.69) is 14.8 Å². The number of halogens is 3. The minimum atomic E-state index is -4.76. The van der Waals surface area contributed by atoms with Crippen LogP contribution >= 0.6 is 0 Å². The highest BCUT2D eigenvalue weighted by Crippen LogP contribution is 2.22. The normalized spacial score (nSPS) is 11.9. The number of rotatable bonds is 8. The monoisotopic (exact) mass is 430 g/mol. The Balaban J connectivity index is 1.79. The number of amides is 1. The molecular formula is C19H21F3N2O4S. The van der Waals surface area contributed by atoms with Crippen LogP contribution in [0.15, 0.2) is 47.4 Å². The maximum Gasteiger partial charge on any atom is 0.573 e. The summed E-state index contributed by atoms with van der Waals surface area (Å²) >= 11 is 0. The molecule has 0 spiro atoms. The lowest BCUT2D eigenvalue weighted by molar-refractivity contribution is -0.274. The fraction of sp³-hybridized carbons (Fsp3) is 0.316. The molecule has 2 N–H and O–H groups in total. The molecule has 0 fully saturated rings. The molecule has 0 saturated carbocycles. The average molecular weight is 430 g/mol. The Morgan fingerprint density at radius 3 is 2.28 bits per heavy atom. The number of hydrogen-bond acceptors (Lipinski definition) is 4. The molecule has 10 heteroatoms. The van der Waals surface area contributed by atoms with Gasteiger partial charge < -0.3 is 10.1 Å². The van der Waals surface area contributed by atoms with Gasteiger partial charge in [0, 0.05) is 19.5 Å². The number of sulfonamides is 1. The van der Waals surface area contributed by atoms with Gasteiger partial charge in [-0.2, -0.15) is 0 Å². The Hall–Kier alpha value is -2.59. The molecule has 6 nitrogen and oxygen atoms in total. The summed E-state index contributed by atoms with van der Waals surface area (Å²) in [5.41, 5.74) is 2.39. The molecule has 2 aromatic rings. The van der Waals surface area contributed by atoms with Crippen LogP contribution in [0.4, 0.5) is 13.2 Å². The maximum atomic E-state index is 12.3. The summed E-state index contributed by atoms with van der Waals surface area (Å²) in [6.07, 6.45) is -4.85. The Morgan fingerprint density at radius 1 is 1.03 bits per heavy atom. The van der Waals surface area contributed by atoms with E-state index in [-0.39, 0.29) is 30.2 Å². The van der Waals surface area contributed by atoms with Crippen LogP contribution in [-0.2, 0) is 21.4 Å². The van der Waals surface area contributed by atoms with Gasteiger partial charge in [0.05, 0.1) is 4.90 Å². The third kappa shape index (κ3) is 7.39. The average Bonchev–Trinajstić information content (AvgIpc) is 2.62. The fourth-order valence-corrected chi connectivity index (χ4v) is 3.48. The molecule has 0 aromatic heterocycles. The van der Waals surface area contributed by atoms with E-state index < -0.39 is 22.3 Å². The molecule has 158 valence electrons. The molecule has 0 atom stereocenters. The Morgan fingerprint density at radius 2 is 1.69 bits per heavy atom. The van der Waals surface area contributed by atoms with Crippen LogP contribution in [-0.4, -0.2) is 27.2 Å². The van der Waals surface area contributed by atoms with E-state index in [1.165, 1.54) is 18.2 Å². The summed E-state index contributed by atoms with van der Waals surface area (Å²) < 4.78 is 67.0. The molecule has 0 saturated heterocycles. The summed E-state index contributed by atoms with van der Waals surface area (Å²) in [5, 5.41) is 2.57. The van der Waals surface area contributed by atoms with E-state index in [1.807, 2.05) is 13.8 Å². The zero-order valence-corrected chi connectivity index (χ0v) is 16.7. The Labute approximate surface area is 167 Å². The Bertz CT molecular complexity index is 958. The molecule has 0 aliphatic rings. The lowest BCUT2D eigenvalue weighted by Crippen LogP contribution is -2.30. The van der Waals surface area contributed by atoms with E-state index in [9.17, 15) is 26.4 Å². The molecule has 0 heterocycles. The summed E-state index contributed by atoms with van der Waals surface area (Å²) in [7, 11) is -3.72. The first-order valence-corrected chi connectivity index (χ1v) is 10.1. The highest BCUT2D eigenvalue weighted by Gasteiger charge is 2.30. The van der Waals surface area contributed by atoms with Crippen molar-refractivity contribution in [1.29, 1.82) is 0 Å². The van der Waals surface area contributed by atoms with Crippen molar-refractivity contribution in [2.24, 2.45) is 0 Å². The summed E-state index contributed by atoms with van der Waals surface area (Å²) in [6, 6.07) is 9.84. The van der Waals surface area contributed by atoms with Crippen LogP contribution in [0.25, 0.3) is 0 Å². The van der Waals surface area contributed by atoms with Crippen molar-refractivity contribution < 1.29 is 31.1 Å². The van der Waals surface area contributed by atoms with Gasteiger partial charge in [0.25, 0.3) is 0 Å². The predicted octanol–water partition coefficient (Wildman–Crippen LogP) is 3.19. The zero-order valence-electron chi connectivity index (χ0n) is 15.8. The van der Waals surface area contributed by atoms with Crippen LogP contribution in [0.1, 0.15) is 23.1 Å². The van der Waals surface area contributed by atoms with Crippen molar-refractivity contribution in [1.82, 2.24) is 10.0 Å². The predicted molar refractivity (Wildman–Crippen MR) is 101 cm³/mol. The van der Waals surface area contributed by atoms with Crippen molar-refractivity contribution >= 4 is 15.9 Å². The van der Waals surface area contributed by atoms with E-state index in [1.54, 1.807) is 12.1 Å². The number of carbonyl (C=O) groups is 1. The number of carbonyl (C=O) groups excluding carboxylic acids is 1. The van der Waals surface area contributed by atoms with Crippen molar-refractivity contribution in [3.8, 4) is 5.75 Å². The number of nitrogens with one attached hydrogen (secondary N) is 2. The van der Waals surface area contributed by atoms with Crippen molar-refractivity contribution in [3.63, 3.8) is 0 Å². The maximum absolute atomic E-state index is 12.3. The molecule has 0 aliphatic carbocycles. The van der Waals surface area contributed by atoms with E-state index in [4.69, 9.17) is 0 Å². The standard InChI is InChI=1S/C19H21F3N2O4S/c1-13-3-8-17(11-14(13)2)29(26,27)24-10-9-18(25)23-12-15-4-6-16(7-5-15)28-19(20,21)22/h3-8,11,24H,9-10,12H2,1-2H3,(H,23,25). The minimum Gasteiger partial charge on any atom is -0.406 e. The minimum absolute atomic E-state index is 0.0839. The van der Waals surface area contributed by atoms with Crippen LogP contribution in [0.3, 0.4) is 0 Å². The van der Waals surface area contributed by atoms with Crippen LogP contribution in [0.2, 0.25) is 0 Å². The molecule has 2 rings (SSSR count). The Kier molecular flexibility index (Phi) is 7.26. The van der Waals surface area contributed by atoms with Crippen molar-refractivity contribution in [3.05, 3.63) is 59.2 Å². The first-order valence-electron chi connectivity index (χ1n) is 8.64. The third-order valence-electron chi connectivity index (χ3n) is 4.08. The lowest BCUT2D eigenvalue weighted by atomic mass is 10.1. The summed E-state index contributed by atoms with van der Waals surface area (Å²) in [4.78, 5) is 12.0. The number of benzene rings is 2. The highest BCUT2D eigenvalue weighted by molar-refractivity contribution is 7.89. The highest BCUT2D eigenvalue weighted by atomic mass is 32.2. The molecule has 0 aliphatic heterocycles. The van der Waals surface area contributed by atoms with Crippen LogP contribution in [0.5, 0.6) is 5.75 Å². The van der Waals surface area contributed by atoms with Gasteiger partial charge in [0.15, 0.2) is 0 Å². The number of alkyl halides is 3. The first kappa shape index (κ1) is 22.7. The second kappa shape index (κ2) is 9.27. The van der Waals surface area contributed by atoms with Gasteiger partial charge in [-0.15, -0.1) is 13.2 Å². The van der Waals surface area contributed by atoms with Gasteiger partial charge in [-0.3, -0.25) is 4.79 Å². The van der Waals surface area contributed by atoms with Gasteiger partial charge in [-0.1, -0.05) is 18.2 Å². The topological polar surface area (TPSA) is 84.5 Å². The van der Waals surface area contributed by atoms with E-state index in [0.29, 0.717) is 5.56 Å². The number of ether oxygens (including phenoxy) is 1. The van der Waals surface area contributed by atoms with Crippen LogP contribution in [0, 0.1) is 13.8 Å².